The zero-order chi connectivity index (χ0) is 32.7. The van der Waals surface area contributed by atoms with Crippen molar-refractivity contribution in [1.82, 2.24) is 24.8 Å². The standard InChI is InChI=1S/C34H57N5O6/c1-4-5-6-7-8-9-10-11-12-13-14-15-16-20-29(28(2)44-3)37-33(42)45-26-19-24-39-31(40)27-38(34(39)43)25-23-36-32(41)30-21-17-18-22-35-30/h17-18,21-22,27-29,40H,4-16,19-20,23-26H2,1-3H3,(H,36,41)(H,37,42). The summed E-state index contributed by atoms with van der Waals surface area (Å²) < 4.78 is 13.4. The van der Waals surface area contributed by atoms with Crippen molar-refractivity contribution in [3.05, 3.63) is 46.8 Å². The summed E-state index contributed by atoms with van der Waals surface area (Å²) in [5.41, 5.74) is -0.118. The molecular weight excluding hydrogens is 574 g/mol. The van der Waals surface area contributed by atoms with Crippen molar-refractivity contribution in [3.63, 3.8) is 0 Å². The molecule has 2 amide bonds. The van der Waals surface area contributed by atoms with Gasteiger partial charge in [0.15, 0.2) is 0 Å². The van der Waals surface area contributed by atoms with Crippen LogP contribution in [0.4, 0.5) is 4.79 Å². The SMILES string of the molecule is CCCCCCCCCCCCCCCC(NC(=O)OCCCn1c(O)cn(CCNC(=O)c2ccccn2)c1=O)C(C)OC. The number of hydrogen-bond acceptors (Lipinski definition) is 7. The molecule has 0 saturated carbocycles. The van der Waals surface area contributed by atoms with Crippen molar-refractivity contribution >= 4 is 12.0 Å². The van der Waals surface area contributed by atoms with E-state index in [1.54, 1.807) is 25.3 Å². The molecule has 0 aliphatic rings. The van der Waals surface area contributed by atoms with Crippen LogP contribution in [-0.2, 0) is 22.6 Å². The Hall–Kier alpha value is -3.34. The van der Waals surface area contributed by atoms with Gasteiger partial charge in [0.2, 0.25) is 5.88 Å². The topological polar surface area (TPSA) is 137 Å². The van der Waals surface area contributed by atoms with Gasteiger partial charge >= 0.3 is 11.8 Å². The van der Waals surface area contributed by atoms with Gasteiger partial charge in [-0.2, -0.15) is 0 Å². The van der Waals surface area contributed by atoms with Gasteiger partial charge in [-0.05, 0) is 31.9 Å². The van der Waals surface area contributed by atoms with E-state index in [0.29, 0.717) is 6.42 Å². The molecule has 0 saturated heterocycles. The van der Waals surface area contributed by atoms with Gasteiger partial charge in [0.05, 0.1) is 24.9 Å². The van der Waals surface area contributed by atoms with Gasteiger partial charge in [-0.15, -0.1) is 0 Å². The molecule has 2 heterocycles. The molecule has 2 aromatic rings. The highest BCUT2D eigenvalue weighted by Gasteiger charge is 2.20. The molecule has 2 rings (SSSR count). The van der Waals surface area contributed by atoms with Crippen LogP contribution in [0.3, 0.4) is 0 Å². The van der Waals surface area contributed by atoms with Crippen molar-refractivity contribution in [3.8, 4) is 5.88 Å². The van der Waals surface area contributed by atoms with Crippen LogP contribution in [0.25, 0.3) is 0 Å². The van der Waals surface area contributed by atoms with E-state index in [1.807, 2.05) is 6.92 Å². The summed E-state index contributed by atoms with van der Waals surface area (Å²) in [6, 6.07) is 4.90. The summed E-state index contributed by atoms with van der Waals surface area (Å²) in [7, 11) is 1.64. The van der Waals surface area contributed by atoms with Gasteiger partial charge in [0.25, 0.3) is 5.91 Å². The number of rotatable bonds is 25. The Morgan fingerprint density at radius 2 is 1.58 bits per heavy atom. The summed E-state index contributed by atoms with van der Waals surface area (Å²) in [6.07, 6.45) is 20.2. The first kappa shape index (κ1) is 37.8. The number of nitrogens with one attached hydrogen (secondary N) is 2. The minimum absolute atomic E-state index is 0.0931. The predicted octanol–water partition coefficient (Wildman–Crippen LogP) is 6.18. The number of ether oxygens (including phenoxy) is 2. The Balaban J connectivity index is 1.60. The van der Waals surface area contributed by atoms with Crippen molar-refractivity contribution in [2.24, 2.45) is 0 Å². The van der Waals surface area contributed by atoms with E-state index in [2.05, 4.69) is 22.5 Å². The predicted molar refractivity (Wildman–Crippen MR) is 177 cm³/mol. The average Bonchev–Trinajstić information content (AvgIpc) is 3.32. The first-order valence-electron chi connectivity index (χ1n) is 17.0. The minimum atomic E-state index is -0.517. The van der Waals surface area contributed by atoms with E-state index in [1.165, 1.54) is 92.2 Å². The first-order valence-corrected chi connectivity index (χ1v) is 17.0. The van der Waals surface area contributed by atoms with Gasteiger partial charge in [0, 0.05) is 32.9 Å². The van der Waals surface area contributed by atoms with Gasteiger partial charge < -0.3 is 25.2 Å². The fourth-order valence-corrected chi connectivity index (χ4v) is 5.32. The molecule has 11 heteroatoms. The summed E-state index contributed by atoms with van der Waals surface area (Å²) in [6.45, 7) is 4.86. The maximum atomic E-state index is 12.7. The van der Waals surface area contributed by atoms with Crippen LogP contribution in [0.15, 0.2) is 35.4 Å². The maximum absolute atomic E-state index is 12.7. The molecule has 45 heavy (non-hydrogen) atoms. The van der Waals surface area contributed by atoms with E-state index in [4.69, 9.17) is 9.47 Å². The minimum Gasteiger partial charge on any atom is -0.493 e. The van der Waals surface area contributed by atoms with Crippen molar-refractivity contribution in [1.29, 1.82) is 0 Å². The lowest BCUT2D eigenvalue weighted by molar-refractivity contribution is 0.0714. The summed E-state index contributed by atoms with van der Waals surface area (Å²) in [5.74, 6) is -0.526. The number of carbonyl (C=O) groups excluding carboxylic acids is 2. The Bertz CT molecular complexity index is 1140. The number of aromatic hydroxyl groups is 1. The van der Waals surface area contributed by atoms with Gasteiger partial charge in [-0.1, -0.05) is 96.5 Å². The molecule has 0 aromatic carbocycles. The Morgan fingerprint density at radius 1 is 0.933 bits per heavy atom. The molecule has 0 aliphatic carbocycles. The maximum Gasteiger partial charge on any atom is 0.407 e. The highest BCUT2D eigenvalue weighted by molar-refractivity contribution is 5.92. The van der Waals surface area contributed by atoms with Crippen LogP contribution in [0, 0.1) is 0 Å². The van der Waals surface area contributed by atoms with E-state index in [-0.39, 0.29) is 55.9 Å². The Labute approximate surface area is 269 Å². The number of pyridine rings is 1. The van der Waals surface area contributed by atoms with Crippen molar-refractivity contribution in [2.75, 3.05) is 20.3 Å². The summed E-state index contributed by atoms with van der Waals surface area (Å²) in [5, 5.41) is 15.9. The fraction of sp³-hybridized carbons (Fsp3) is 0.706. The lowest BCUT2D eigenvalue weighted by atomic mass is 10.0. The first-order chi connectivity index (χ1) is 21.9. The molecule has 2 aromatic heterocycles. The van der Waals surface area contributed by atoms with E-state index >= 15 is 0 Å². The molecule has 0 fully saturated rings. The number of amides is 2. The molecule has 3 N–H and O–H groups in total. The number of alkyl carbamates (subject to hydrolysis) is 1. The highest BCUT2D eigenvalue weighted by atomic mass is 16.5. The Kier molecular flexibility index (Phi) is 19.4. The van der Waals surface area contributed by atoms with E-state index < -0.39 is 11.8 Å². The average molecular weight is 632 g/mol. The number of methoxy groups -OCH3 is 1. The Morgan fingerprint density at radius 3 is 2.18 bits per heavy atom. The van der Waals surface area contributed by atoms with Crippen LogP contribution >= 0.6 is 0 Å². The third kappa shape index (κ3) is 15.5. The third-order valence-corrected chi connectivity index (χ3v) is 8.18. The number of unbranched alkanes of at least 4 members (excludes halogenated alkanes) is 12. The molecule has 11 nitrogen and oxygen atoms in total. The second-order valence-electron chi connectivity index (χ2n) is 11.8. The third-order valence-electron chi connectivity index (χ3n) is 8.18. The van der Waals surface area contributed by atoms with E-state index in [0.717, 1.165) is 19.3 Å². The lowest BCUT2D eigenvalue weighted by Gasteiger charge is -2.24. The molecule has 0 spiro atoms. The second-order valence-corrected chi connectivity index (χ2v) is 11.8. The molecule has 2 atom stereocenters. The normalized spacial score (nSPS) is 12.5. The van der Waals surface area contributed by atoms with Gasteiger partial charge in [-0.3, -0.25) is 18.9 Å². The zero-order valence-corrected chi connectivity index (χ0v) is 27.8. The number of nitrogens with zero attached hydrogens (tertiary/aromatic N) is 3. The largest absolute Gasteiger partial charge is 0.493 e. The van der Waals surface area contributed by atoms with Gasteiger partial charge in [-0.25, -0.2) is 9.59 Å². The van der Waals surface area contributed by atoms with Crippen LogP contribution in [0.1, 0.15) is 121 Å². The fourth-order valence-electron chi connectivity index (χ4n) is 5.32. The number of carbonyl (C=O) groups is 2. The monoisotopic (exact) mass is 631 g/mol. The van der Waals surface area contributed by atoms with Crippen LogP contribution in [0.2, 0.25) is 0 Å². The van der Waals surface area contributed by atoms with Crippen molar-refractivity contribution < 1.29 is 24.2 Å². The van der Waals surface area contributed by atoms with Crippen molar-refractivity contribution in [2.45, 2.75) is 135 Å². The molecule has 2 unspecified atom stereocenters. The summed E-state index contributed by atoms with van der Waals surface area (Å²) in [4.78, 5) is 41.3. The molecule has 0 aliphatic heterocycles. The molecule has 0 bridgehead atoms. The molecule has 254 valence electrons. The highest BCUT2D eigenvalue weighted by Crippen LogP contribution is 2.15. The molecule has 0 radical (unpaired) electrons. The number of hydrogen-bond donors (Lipinski definition) is 3. The number of imidazole rings is 1. The summed E-state index contributed by atoms with van der Waals surface area (Å²) >= 11 is 0. The van der Waals surface area contributed by atoms with Crippen LogP contribution < -0.4 is 16.3 Å². The zero-order valence-electron chi connectivity index (χ0n) is 27.8. The lowest BCUT2D eigenvalue weighted by Crippen LogP contribution is -2.43. The van der Waals surface area contributed by atoms with E-state index in [9.17, 15) is 19.5 Å². The van der Waals surface area contributed by atoms with Crippen LogP contribution in [-0.4, -0.2) is 63.6 Å². The molecular formula is C34H57N5O6. The smallest absolute Gasteiger partial charge is 0.407 e. The van der Waals surface area contributed by atoms with Crippen LogP contribution in [0.5, 0.6) is 5.88 Å². The number of aromatic nitrogens is 3. The second kappa shape index (κ2) is 23.1. The quantitative estimate of drug-likeness (QED) is 0.111. The van der Waals surface area contributed by atoms with Gasteiger partial charge in [0.1, 0.15) is 5.69 Å².